The molecule has 2 heterocycles. The number of nitrogens with zero attached hydrogens (tertiary/aromatic N) is 1. The lowest BCUT2D eigenvalue weighted by Crippen LogP contribution is -2.47. The summed E-state index contributed by atoms with van der Waals surface area (Å²) in [6.45, 7) is 4.68. The van der Waals surface area contributed by atoms with E-state index in [1.54, 1.807) is 0 Å². The summed E-state index contributed by atoms with van der Waals surface area (Å²) in [5.74, 6) is 0.852. The quantitative estimate of drug-likeness (QED) is 0.450. The molecule has 1 aromatic rings. The van der Waals surface area contributed by atoms with E-state index in [0.717, 1.165) is 35.9 Å². The number of halogens is 1. The zero-order valence-corrected chi connectivity index (χ0v) is 14.9. The third-order valence-corrected chi connectivity index (χ3v) is 4.67. The molecule has 6 heteroatoms. The molecular formula is C18H26ClN3O2. The Balaban J connectivity index is 1.40. The first-order valence-corrected chi connectivity index (χ1v) is 9.15. The van der Waals surface area contributed by atoms with Crippen LogP contribution in [0.15, 0.2) is 29.3 Å². The lowest BCUT2D eigenvalue weighted by molar-refractivity contribution is 0.0992. The van der Waals surface area contributed by atoms with E-state index in [2.05, 4.69) is 22.5 Å². The molecule has 2 saturated heterocycles. The fourth-order valence-corrected chi connectivity index (χ4v) is 3.54. The summed E-state index contributed by atoms with van der Waals surface area (Å²) in [5.41, 5.74) is 1.08. The summed E-state index contributed by atoms with van der Waals surface area (Å²) in [6.07, 6.45) is 4.23. The lowest BCUT2D eigenvalue weighted by atomic mass is 9.96. The minimum atomic E-state index is 0.345. The highest BCUT2D eigenvalue weighted by atomic mass is 35.5. The normalized spacial score (nSPS) is 25.9. The van der Waals surface area contributed by atoms with Crippen molar-refractivity contribution in [3.63, 3.8) is 0 Å². The predicted octanol–water partition coefficient (Wildman–Crippen LogP) is 2.73. The van der Waals surface area contributed by atoms with Crippen molar-refractivity contribution in [2.45, 2.75) is 51.0 Å². The first-order valence-electron chi connectivity index (χ1n) is 8.77. The van der Waals surface area contributed by atoms with Gasteiger partial charge in [0.2, 0.25) is 0 Å². The van der Waals surface area contributed by atoms with Gasteiger partial charge in [0, 0.05) is 11.6 Å². The molecule has 3 unspecified atom stereocenters. The molecule has 3 atom stereocenters. The van der Waals surface area contributed by atoms with Gasteiger partial charge >= 0.3 is 0 Å². The zero-order chi connectivity index (χ0) is 16.8. The molecule has 132 valence electrons. The maximum atomic E-state index is 5.96. The van der Waals surface area contributed by atoms with Crippen LogP contribution in [0.3, 0.4) is 0 Å². The Morgan fingerprint density at radius 1 is 1.42 bits per heavy atom. The molecule has 5 nitrogen and oxygen atoms in total. The second-order valence-corrected chi connectivity index (χ2v) is 6.74. The zero-order valence-electron chi connectivity index (χ0n) is 14.1. The second kappa shape index (κ2) is 8.70. The number of rotatable bonds is 7. The van der Waals surface area contributed by atoms with Crippen LogP contribution in [0.1, 0.15) is 31.7 Å². The van der Waals surface area contributed by atoms with Crippen molar-refractivity contribution in [2.75, 3.05) is 19.7 Å². The van der Waals surface area contributed by atoms with Crippen LogP contribution in [0.4, 0.5) is 0 Å². The highest BCUT2D eigenvalue weighted by Gasteiger charge is 2.41. The fourth-order valence-electron chi connectivity index (χ4n) is 3.32. The van der Waals surface area contributed by atoms with Crippen LogP contribution < -0.4 is 10.6 Å². The van der Waals surface area contributed by atoms with Crippen LogP contribution in [0.2, 0.25) is 5.02 Å². The molecule has 0 aliphatic carbocycles. The molecule has 2 fully saturated rings. The van der Waals surface area contributed by atoms with Crippen LogP contribution in [0, 0.1) is 0 Å². The van der Waals surface area contributed by atoms with Gasteiger partial charge < -0.3 is 20.1 Å². The molecule has 2 aliphatic rings. The van der Waals surface area contributed by atoms with Crippen molar-refractivity contribution >= 4 is 17.6 Å². The number of nitrogens with one attached hydrogen (secondary N) is 2. The Bertz CT molecular complexity index is 567. The summed E-state index contributed by atoms with van der Waals surface area (Å²) >= 11 is 5.96. The molecule has 0 spiro atoms. The molecular weight excluding hydrogens is 326 g/mol. The third-order valence-electron chi connectivity index (χ3n) is 4.44. The summed E-state index contributed by atoms with van der Waals surface area (Å²) in [4.78, 5) is 4.60. The highest BCUT2D eigenvalue weighted by molar-refractivity contribution is 6.30. The fraction of sp³-hybridized carbons (Fsp3) is 0.611. The summed E-state index contributed by atoms with van der Waals surface area (Å²) < 4.78 is 11.6. The smallest absolute Gasteiger partial charge is 0.191 e. The van der Waals surface area contributed by atoms with Gasteiger partial charge in [-0.25, -0.2) is 0 Å². The van der Waals surface area contributed by atoms with Crippen molar-refractivity contribution in [1.82, 2.24) is 10.6 Å². The number of hydrogen-bond acceptors (Lipinski definition) is 3. The predicted molar refractivity (Wildman–Crippen MR) is 96.5 cm³/mol. The van der Waals surface area contributed by atoms with Crippen LogP contribution in [-0.4, -0.2) is 43.9 Å². The number of guanidine groups is 1. The van der Waals surface area contributed by atoms with Crippen LogP contribution in [0.25, 0.3) is 0 Å². The Kier molecular flexibility index (Phi) is 6.35. The van der Waals surface area contributed by atoms with Gasteiger partial charge in [0.15, 0.2) is 5.96 Å². The van der Waals surface area contributed by atoms with Gasteiger partial charge in [0.25, 0.3) is 0 Å². The van der Waals surface area contributed by atoms with Crippen molar-refractivity contribution in [3.8, 4) is 0 Å². The Labute approximate surface area is 148 Å². The first-order chi connectivity index (χ1) is 11.7. The van der Waals surface area contributed by atoms with E-state index in [4.69, 9.17) is 21.1 Å². The van der Waals surface area contributed by atoms with E-state index in [-0.39, 0.29) is 0 Å². The largest absolute Gasteiger partial charge is 0.375 e. The maximum absolute atomic E-state index is 5.96. The van der Waals surface area contributed by atoms with E-state index in [0.29, 0.717) is 38.0 Å². The van der Waals surface area contributed by atoms with E-state index >= 15 is 0 Å². The molecule has 2 N–H and O–H groups in total. The van der Waals surface area contributed by atoms with Gasteiger partial charge in [-0.15, -0.1) is 0 Å². The number of aliphatic imine (C=N–C) groups is 1. The molecule has 0 radical (unpaired) electrons. The van der Waals surface area contributed by atoms with Gasteiger partial charge in [0.1, 0.15) is 0 Å². The van der Waals surface area contributed by atoms with Crippen LogP contribution in [-0.2, 0) is 16.1 Å². The standard InChI is InChI=1S/C18H26ClN3O2/c1-2-20-18(22-16-11-15-6-7-17(16)24-15)21-8-9-23-12-13-4-3-5-14(19)10-13/h3-5,10,15-17H,2,6-9,11-12H2,1H3,(H2,20,21,22). The maximum Gasteiger partial charge on any atom is 0.191 e. The van der Waals surface area contributed by atoms with Gasteiger partial charge in [-0.2, -0.15) is 0 Å². The number of fused-ring (bicyclic) bond motifs is 2. The number of benzene rings is 1. The Morgan fingerprint density at radius 2 is 2.33 bits per heavy atom. The van der Waals surface area contributed by atoms with Gasteiger partial charge in [0.05, 0.1) is 38.0 Å². The summed E-state index contributed by atoms with van der Waals surface area (Å²) in [6, 6.07) is 8.11. The molecule has 0 aromatic heterocycles. The topological polar surface area (TPSA) is 54.9 Å². The summed E-state index contributed by atoms with van der Waals surface area (Å²) in [7, 11) is 0. The first kappa shape index (κ1) is 17.5. The number of ether oxygens (including phenoxy) is 2. The van der Waals surface area contributed by atoms with Crippen molar-refractivity contribution in [1.29, 1.82) is 0 Å². The van der Waals surface area contributed by atoms with E-state index in [9.17, 15) is 0 Å². The van der Waals surface area contributed by atoms with Crippen molar-refractivity contribution in [3.05, 3.63) is 34.9 Å². The molecule has 1 aromatic carbocycles. The number of hydrogen-bond donors (Lipinski definition) is 2. The molecule has 0 amide bonds. The molecule has 0 saturated carbocycles. The molecule has 2 bridgehead atoms. The second-order valence-electron chi connectivity index (χ2n) is 6.30. The van der Waals surface area contributed by atoms with Crippen molar-refractivity contribution in [2.24, 2.45) is 4.99 Å². The van der Waals surface area contributed by atoms with E-state index in [1.807, 2.05) is 24.3 Å². The van der Waals surface area contributed by atoms with Crippen LogP contribution in [0.5, 0.6) is 0 Å². The van der Waals surface area contributed by atoms with Crippen LogP contribution >= 0.6 is 11.6 Å². The molecule has 3 rings (SSSR count). The monoisotopic (exact) mass is 351 g/mol. The lowest BCUT2D eigenvalue weighted by Gasteiger charge is -2.22. The van der Waals surface area contributed by atoms with Gasteiger partial charge in [-0.05, 0) is 43.9 Å². The molecule has 2 aliphatic heterocycles. The average Bonchev–Trinajstić information content (AvgIpc) is 3.17. The average molecular weight is 352 g/mol. The Morgan fingerprint density at radius 3 is 3.04 bits per heavy atom. The minimum Gasteiger partial charge on any atom is -0.375 e. The highest BCUT2D eigenvalue weighted by Crippen LogP contribution is 2.34. The van der Waals surface area contributed by atoms with E-state index < -0.39 is 0 Å². The van der Waals surface area contributed by atoms with Gasteiger partial charge in [-0.1, -0.05) is 23.7 Å². The molecule has 24 heavy (non-hydrogen) atoms. The minimum absolute atomic E-state index is 0.345. The summed E-state index contributed by atoms with van der Waals surface area (Å²) in [5, 5.41) is 7.54. The Hall–Kier alpha value is -1.30. The van der Waals surface area contributed by atoms with Crippen molar-refractivity contribution < 1.29 is 9.47 Å². The third kappa shape index (κ3) is 4.85. The van der Waals surface area contributed by atoms with Gasteiger partial charge in [-0.3, -0.25) is 4.99 Å². The van der Waals surface area contributed by atoms with E-state index in [1.165, 1.54) is 6.42 Å². The SMILES string of the molecule is CCNC(=NCCOCc1cccc(Cl)c1)NC1CC2CCC1O2.